The molecule has 4 rings (SSSR count). The van der Waals surface area contributed by atoms with Crippen molar-refractivity contribution in [2.24, 2.45) is 5.92 Å². The third kappa shape index (κ3) is 3.74. The fourth-order valence-corrected chi connectivity index (χ4v) is 3.99. The van der Waals surface area contributed by atoms with E-state index in [1.165, 1.54) is 16.9 Å². The average molecular weight is 416 g/mol. The monoisotopic (exact) mass is 416 g/mol. The quantitative estimate of drug-likeness (QED) is 0.702. The second-order valence-corrected chi connectivity index (χ2v) is 7.65. The first-order valence-electron chi connectivity index (χ1n) is 9.73. The highest BCUT2D eigenvalue weighted by molar-refractivity contribution is 5.94. The van der Waals surface area contributed by atoms with Gasteiger partial charge in [-0.25, -0.2) is 18.3 Å². The number of hydrogen-bond donors (Lipinski definition) is 1. The van der Waals surface area contributed by atoms with Gasteiger partial charge in [0.15, 0.2) is 0 Å². The fourth-order valence-electron chi connectivity index (χ4n) is 3.99. The molecule has 0 spiro atoms. The van der Waals surface area contributed by atoms with Crippen molar-refractivity contribution in [2.45, 2.75) is 39.2 Å². The molecule has 2 atom stereocenters. The van der Waals surface area contributed by atoms with Crippen LogP contribution < -0.4 is 0 Å². The first-order chi connectivity index (χ1) is 14.4. The minimum Gasteiger partial charge on any atom is -0.390 e. The number of piperidine rings is 1. The van der Waals surface area contributed by atoms with E-state index in [4.69, 9.17) is 0 Å². The maximum Gasteiger partial charge on any atom is 0.280 e. The predicted molar refractivity (Wildman–Crippen MR) is 103 cm³/mol. The number of halogens is 2. The summed E-state index contributed by atoms with van der Waals surface area (Å²) in [5.41, 5.74) is 1.75. The van der Waals surface area contributed by atoms with Gasteiger partial charge in [-0.05, 0) is 37.5 Å². The highest BCUT2D eigenvalue weighted by atomic mass is 19.3. The van der Waals surface area contributed by atoms with Crippen LogP contribution in [0.15, 0.2) is 24.5 Å². The third-order valence-electron chi connectivity index (χ3n) is 5.56. The van der Waals surface area contributed by atoms with Gasteiger partial charge in [0.2, 0.25) is 0 Å². The maximum absolute atomic E-state index is 13.4. The number of aliphatic hydroxyl groups excluding tert-OH is 1. The van der Waals surface area contributed by atoms with Crippen molar-refractivity contribution in [3.8, 4) is 0 Å². The number of rotatable bonds is 4. The summed E-state index contributed by atoms with van der Waals surface area (Å²) in [6.07, 6.45) is -0.720. The molecule has 158 valence electrons. The molecule has 1 fully saturated rings. The predicted octanol–water partition coefficient (Wildman–Crippen LogP) is 2.52. The second kappa shape index (κ2) is 8.02. The molecule has 0 bridgehead atoms. The molecule has 1 N–H and O–H groups in total. The summed E-state index contributed by atoms with van der Waals surface area (Å²) in [6, 6.07) is 4.63. The zero-order valence-electron chi connectivity index (χ0n) is 16.7. The van der Waals surface area contributed by atoms with Gasteiger partial charge in [-0.15, -0.1) is 0 Å². The van der Waals surface area contributed by atoms with Gasteiger partial charge in [-0.2, -0.15) is 10.1 Å². The van der Waals surface area contributed by atoms with E-state index in [0.717, 1.165) is 6.42 Å². The lowest BCUT2D eigenvalue weighted by Crippen LogP contribution is -2.42. The molecule has 0 aromatic carbocycles. The number of fused-ring (bicyclic) bond motifs is 1. The number of carbonyl (C=O) groups excluding carboxylic acids is 1. The lowest BCUT2D eigenvalue weighted by atomic mass is 9.84. The highest BCUT2D eigenvalue weighted by Crippen LogP contribution is 2.34. The number of nitrogens with zero attached hydrogens (tertiary/aromatic N) is 6. The van der Waals surface area contributed by atoms with E-state index in [-0.39, 0.29) is 35.8 Å². The number of hydrogen-bond acceptors (Lipinski definition) is 6. The van der Waals surface area contributed by atoms with Crippen LogP contribution in [0.3, 0.4) is 0 Å². The molecule has 10 heteroatoms. The van der Waals surface area contributed by atoms with E-state index in [9.17, 15) is 18.7 Å². The van der Waals surface area contributed by atoms with Crippen molar-refractivity contribution in [2.75, 3.05) is 13.1 Å². The molecular formula is C20H22F2N6O2. The first kappa shape index (κ1) is 20.3. The molecular weight excluding hydrogens is 394 g/mol. The van der Waals surface area contributed by atoms with Crippen molar-refractivity contribution < 1.29 is 18.7 Å². The van der Waals surface area contributed by atoms with Crippen LogP contribution in [0.25, 0.3) is 5.78 Å². The van der Waals surface area contributed by atoms with Crippen molar-refractivity contribution >= 4 is 11.7 Å². The number of aromatic nitrogens is 5. The van der Waals surface area contributed by atoms with Gasteiger partial charge < -0.3 is 10.0 Å². The van der Waals surface area contributed by atoms with Crippen LogP contribution in [0.4, 0.5) is 8.78 Å². The molecule has 1 saturated heterocycles. The fraction of sp³-hybridized carbons (Fsp3) is 0.450. The molecule has 8 nitrogen and oxygen atoms in total. The number of pyridine rings is 1. The molecule has 1 amide bonds. The molecule has 1 unspecified atom stereocenters. The van der Waals surface area contributed by atoms with E-state index in [1.807, 2.05) is 6.92 Å². The molecule has 3 aromatic rings. The minimum absolute atomic E-state index is 0.121. The zero-order chi connectivity index (χ0) is 21.4. The van der Waals surface area contributed by atoms with Crippen molar-refractivity contribution in [3.63, 3.8) is 0 Å². The Morgan fingerprint density at radius 3 is 2.83 bits per heavy atom. The molecule has 3 aromatic heterocycles. The standard InChI is InChI=1S/C20H22F2N6O2/c1-11-3-4-27(19(30)13-5-12(2)25-14(6-13)9-29)8-15(11)17-7-16(18(21)22)26-20-23-10-24-28(17)20/h5-7,10-11,15,18,29H,3-4,8-9H2,1-2H3/t11-,15?/m1/s1. The van der Waals surface area contributed by atoms with E-state index in [2.05, 4.69) is 20.1 Å². The summed E-state index contributed by atoms with van der Waals surface area (Å²) in [4.78, 5) is 26.9. The lowest BCUT2D eigenvalue weighted by molar-refractivity contribution is 0.0665. The Morgan fingerprint density at radius 1 is 1.30 bits per heavy atom. The number of aliphatic hydroxyl groups is 1. The number of amides is 1. The summed E-state index contributed by atoms with van der Waals surface area (Å²) >= 11 is 0. The Bertz CT molecular complexity index is 1090. The van der Waals surface area contributed by atoms with E-state index in [1.54, 1.807) is 24.0 Å². The summed E-state index contributed by atoms with van der Waals surface area (Å²) in [6.45, 7) is 4.47. The largest absolute Gasteiger partial charge is 0.390 e. The smallest absolute Gasteiger partial charge is 0.280 e. The van der Waals surface area contributed by atoms with E-state index < -0.39 is 6.43 Å². The SMILES string of the molecule is Cc1cc(C(=O)N2CC[C@@H](C)C(c3cc(C(F)F)nc4ncnn34)C2)cc(CO)n1. The van der Waals surface area contributed by atoms with Crippen LogP contribution in [-0.4, -0.2) is 53.6 Å². The van der Waals surface area contributed by atoms with Gasteiger partial charge in [0.25, 0.3) is 18.1 Å². The molecule has 0 radical (unpaired) electrons. The summed E-state index contributed by atoms with van der Waals surface area (Å²) < 4.78 is 28.2. The minimum atomic E-state index is -2.72. The van der Waals surface area contributed by atoms with Crippen LogP contribution in [0.1, 0.15) is 58.8 Å². The topological polar surface area (TPSA) is 96.5 Å². The van der Waals surface area contributed by atoms with E-state index >= 15 is 0 Å². The van der Waals surface area contributed by atoms with Gasteiger partial charge in [0.1, 0.15) is 12.0 Å². The molecule has 30 heavy (non-hydrogen) atoms. The van der Waals surface area contributed by atoms with Gasteiger partial charge in [0.05, 0.1) is 18.0 Å². The number of aryl methyl sites for hydroxylation is 1. The molecule has 1 aliphatic rings. The zero-order valence-corrected chi connectivity index (χ0v) is 16.7. The second-order valence-electron chi connectivity index (χ2n) is 7.65. The van der Waals surface area contributed by atoms with Crippen LogP contribution in [-0.2, 0) is 6.61 Å². The van der Waals surface area contributed by atoms with E-state index in [0.29, 0.717) is 35.7 Å². The Labute approximate surface area is 171 Å². The lowest BCUT2D eigenvalue weighted by Gasteiger charge is -2.37. The van der Waals surface area contributed by atoms with Crippen LogP contribution >= 0.6 is 0 Å². The summed E-state index contributed by atoms with van der Waals surface area (Å²) in [7, 11) is 0. The molecule has 4 heterocycles. The average Bonchev–Trinajstić information content (AvgIpc) is 3.21. The highest BCUT2D eigenvalue weighted by Gasteiger charge is 2.33. The third-order valence-corrected chi connectivity index (χ3v) is 5.56. The normalized spacial score (nSPS) is 19.6. The number of carbonyl (C=O) groups is 1. The molecule has 0 saturated carbocycles. The number of alkyl halides is 2. The van der Waals surface area contributed by atoms with Gasteiger partial charge in [-0.1, -0.05) is 6.92 Å². The van der Waals surface area contributed by atoms with Crippen molar-refractivity contribution in [1.82, 2.24) is 29.5 Å². The van der Waals surface area contributed by atoms with Crippen LogP contribution in [0.5, 0.6) is 0 Å². The summed E-state index contributed by atoms with van der Waals surface area (Å²) in [5.74, 6) is -0.102. The van der Waals surface area contributed by atoms with Crippen LogP contribution in [0, 0.1) is 12.8 Å². The van der Waals surface area contributed by atoms with Gasteiger partial charge in [0, 0.05) is 30.3 Å². The molecule has 1 aliphatic heterocycles. The Balaban J connectivity index is 1.68. The van der Waals surface area contributed by atoms with Crippen molar-refractivity contribution in [1.29, 1.82) is 0 Å². The van der Waals surface area contributed by atoms with Crippen molar-refractivity contribution in [3.05, 3.63) is 52.9 Å². The number of likely N-dealkylation sites (tertiary alicyclic amines) is 1. The van der Waals surface area contributed by atoms with Gasteiger partial charge in [-0.3, -0.25) is 9.78 Å². The Kier molecular flexibility index (Phi) is 5.42. The van der Waals surface area contributed by atoms with Gasteiger partial charge >= 0.3 is 0 Å². The summed E-state index contributed by atoms with van der Waals surface area (Å²) in [5, 5.41) is 13.5. The Hall–Kier alpha value is -3.01. The maximum atomic E-state index is 13.4. The molecule has 0 aliphatic carbocycles. The Morgan fingerprint density at radius 2 is 2.10 bits per heavy atom. The first-order valence-corrected chi connectivity index (χ1v) is 9.73. The van der Waals surface area contributed by atoms with Crippen LogP contribution in [0.2, 0.25) is 0 Å².